The highest BCUT2D eigenvalue weighted by molar-refractivity contribution is 6.02. The number of rotatable bonds is 9. The molecule has 2 amide bonds. The third kappa shape index (κ3) is 5.02. The van der Waals surface area contributed by atoms with Gasteiger partial charge in [0, 0.05) is 37.1 Å². The minimum atomic E-state index is -0.542. The van der Waals surface area contributed by atoms with Gasteiger partial charge in [-0.2, -0.15) is 0 Å². The molecule has 1 unspecified atom stereocenters. The van der Waals surface area contributed by atoms with E-state index in [-0.39, 0.29) is 17.0 Å². The van der Waals surface area contributed by atoms with Crippen LogP contribution >= 0.6 is 0 Å². The van der Waals surface area contributed by atoms with E-state index in [1.807, 2.05) is 0 Å². The topological polar surface area (TPSA) is 105 Å². The third-order valence-electron chi connectivity index (χ3n) is 5.08. The van der Waals surface area contributed by atoms with Crippen LogP contribution < -0.4 is 15.5 Å². The largest absolute Gasteiger partial charge is 0.319 e. The molecule has 0 spiro atoms. The Bertz CT molecular complexity index is 1100. The van der Waals surface area contributed by atoms with E-state index in [0.29, 0.717) is 36.6 Å². The Kier molecular flexibility index (Phi) is 5.90. The number of nitrogens with one attached hydrogen (secondary N) is 2. The molecule has 0 radical (unpaired) electrons. The smallest absolute Gasteiger partial charge is 0.275 e. The van der Waals surface area contributed by atoms with Crippen LogP contribution in [0.5, 0.6) is 0 Å². The molecule has 1 saturated carbocycles. The van der Waals surface area contributed by atoms with Crippen LogP contribution in [0.1, 0.15) is 42.4 Å². The third-order valence-corrected chi connectivity index (χ3v) is 5.08. The molecule has 1 fully saturated rings. The molecular weight excluding hydrogens is 401 g/mol. The fourth-order valence-electron chi connectivity index (χ4n) is 3.32. The van der Waals surface area contributed by atoms with Gasteiger partial charge in [-0.05, 0) is 33.1 Å². The molecule has 2 N–H and O–H groups in total. The minimum absolute atomic E-state index is 0.0562. The summed E-state index contributed by atoms with van der Waals surface area (Å²) >= 11 is 0. The molecule has 0 saturated heterocycles. The van der Waals surface area contributed by atoms with Gasteiger partial charge in [-0.1, -0.05) is 0 Å². The van der Waals surface area contributed by atoms with Crippen molar-refractivity contribution in [3.63, 3.8) is 0 Å². The number of carbonyl (C=O) groups excluding carboxylic acids is 2. The number of hydrogen-bond donors (Lipinski definition) is 2. The second-order valence-electron chi connectivity index (χ2n) is 7.83. The second kappa shape index (κ2) is 8.76. The summed E-state index contributed by atoms with van der Waals surface area (Å²) in [4.78, 5) is 37.8. The Balaban J connectivity index is 1.39. The van der Waals surface area contributed by atoms with E-state index >= 15 is 0 Å². The summed E-state index contributed by atoms with van der Waals surface area (Å²) in [6.45, 7) is 4.34. The van der Waals surface area contributed by atoms with Crippen molar-refractivity contribution in [2.75, 3.05) is 16.8 Å². The van der Waals surface area contributed by atoms with E-state index in [9.17, 15) is 14.0 Å². The highest BCUT2D eigenvalue weighted by atomic mass is 19.1. The predicted octanol–water partition coefficient (Wildman–Crippen LogP) is 2.32. The van der Waals surface area contributed by atoms with Crippen molar-refractivity contribution < 1.29 is 14.0 Å². The number of aryl methyl sites for hydroxylation is 1. The van der Waals surface area contributed by atoms with Gasteiger partial charge >= 0.3 is 0 Å². The summed E-state index contributed by atoms with van der Waals surface area (Å²) < 4.78 is 15.7. The molecule has 3 aromatic heterocycles. The zero-order chi connectivity index (χ0) is 22.0. The average Bonchev–Trinajstić information content (AvgIpc) is 3.47. The first kappa shape index (κ1) is 20.9. The number of fused-ring (bicyclic) bond motifs is 1. The van der Waals surface area contributed by atoms with E-state index in [1.54, 1.807) is 19.3 Å². The van der Waals surface area contributed by atoms with Gasteiger partial charge in [-0.15, -0.1) is 0 Å². The number of pyridine rings is 1. The van der Waals surface area contributed by atoms with Gasteiger partial charge in [0.05, 0.1) is 23.8 Å². The van der Waals surface area contributed by atoms with Crippen LogP contribution in [0.3, 0.4) is 0 Å². The van der Waals surface area contributed by atoms with Crippen LogP contribution in [0, 0.1) is 12.7 Å². The zero-order valence-corrected chi connectivity index (χ0v) is 17.4. The number of amides is 2. The fourth-order valence-corrected chi connectivity index (χ4v) is 3.32. The summed E-state index contributed by atoms with van der Waals surface area (Å²) in [5.74, 6) is -0.708. The van der Waals surface area contributed by atoms with Crippen LogP contribution in [0.15, 0.2) is 30.9 Å². The van der Waals surface area contributed by atoms with Crippen molar-refractivity contribution in [1.82, 2.24) is 24.7 Å². The number of aromatic nitrogens is 4. The minimum Gasteiger partial charge on any atom is -0.319 e. The number of nitrogens with zero attached hydrogens (tertiary/aromatic N) is 5. The number of carbonyl (C=O) groups is 2. The molecule has 1 atom stereocenters. The Labute approximate surface area is 178 Å². The van der Waals surface area contributed by atoms with Crippen molar-refractivity contribution >= 4 is 29.5 Å². The predicted molar refractivity (Wildman–Crippen MR) is 114 cm³/mol. The molecular formula is C21H24FN7O2. The number of anilines is 2. The van der Waals surface area contributed by atoms with Crippen LogP contribution in [0.4, 0.5) is 15.9 Å². The van der Waals surface area contributed by atoms with E-state index < -0.39 is 11.7 Å². The highest BCUT2D eigenvalue weighted by Gasteiger charge is 2.23. The van der Waals surface area contributed by atoms with Crippen molar-refractivity contribution in [2.45, 2.75) is 45.2 Å². The quantitative estimate of drug-likeness (QED) is 0.510. The van der Waals surface area contributed by atoms with Crippen LogP contribution in [0.25, 0.3) is 5.65 Å². The Morgan fingerprint density at radius 3 is 2.84 bits per heavy atom. The molecule has 162 valence electrons. The lowest BCUT2D eigenvalue weighted by Crippen LogP contribution is -2.33. The lowest BCUT2D eigenvalue weighted by Gasteiger charge is -2.19. The van der Waals surface area contributed by atoms with Crippen LogP contribution in [-0.2, 0) is 4.79 Å². The van der Waals surface area contributed by atoms with E-state index in [0.717, 1.165) is 6.42 Å². The number of imidazole rings is 1. The van der Waals surface area contributed by atoms with Gasteiger partial charge in [0.15, 0.2) is 17.3 Å². The van der Waals surface area contributed by atoms with Crippen molar-refractivity contribution in [2.24, 2.45) is 0 Å². The summed E-state index contributed by atoms with van der Waals surface area (Å²) in [6.07, 6.45) is 9.81. The highest BCUT2D eigenvalue weighted by Crippen LogP contribution is 2.20. The molecule has 0 aliphatic heterocycles. The zero-order valence-electron chi connectivity index (χ0n) is 17.4. The SMILES string of the molecule is Cc1cn2cc(NC(=O)c3cnc(N(C=O)CCC(C)NC4CC4)cn3)cc(F)c2n1. The first-order chi connectivity index (χ1) is 14.9. The molecule has 1 aliphatic rings. The lowest BCUT2D eigenvalue weighted by molar-refractivity contribution is -0.107. The molecule has 3 heterocycles. The molecule has 9 nitrogen and oxygen atoms in total. The van der Waals surface area contributed by atoms with Gasteiger partial charge in [0.2, 0.25) is 6.41 Å². The van der Waals surface area contributed by atoms with Crippen molar-refractivity contribution in [1.29, 1.82) is 0 Å². The number of hydrogen-bond acceptors (Lipinski definition) is 6. The lowest BCUT2D eigenvalue weighted by atomic mass is 10.2. The molecule has 3 aromatic rings. The van der Waals surface area contributed by atoms with Gasteiger partial charge < -0.3 is 15.0 Å². The Morgan fingerprint density at radius 2 is 2.16 bits per heavy atom. The van der Waals surface area contributed by atoms with Gasteiger partial charge in [0.25, 0.3) is 5.91 Å². The van der Waals surface area contributed by atoms with Crippen molar-refractivity contribution in [3.8, 4) is 0 Å². The van der Waals surface area contributed by atoms with E-state index in [4.69, 9.17) is 0 Å². The first-order valence-electron chi connectivity index (χ1n) is 10.2. The monoisotopic (exact) mass is 425 g/mol. The maximum Gasteiger partial charge on any atom is 0.275 e. The molecule has 0 bridgehead atoms. The molecule has 0 aromatic carbocycles. The van der Waals surface area contributed by atoms with Crippen LogP contribution in [0.2, 0.25) is 0 Å². The molecule has 1 aliphatic carbocycles. The van der Waals surface area contributed by atoms with Crippen molar-refractivity contribution in [3.05, 3.63) is 48.1 Å². The van der Waals surface area contributed by atoms with Gasteiger partial charge in [-0.3, -0.25) is 14.5 Å². The van der Waals surface area contributed by atoms with E-state index in [2.05, 4.69) is 32.5 Å². The number of halogens is 1. The van der Waals surface area contributed by atoms with Gasteiger partial charge in [-0.25, -0.2) is 19.3 Å². The second-order valence-corrected chi connectivity index (χ2v) is 7.83. The van der Waals surface area contributed by atoms with Gasteiger partial charge in [0.1, 0.15) is 5.69 Å². The normalized spacial score (nSPS) is 14.4. The maximum atomic E-state index is 14.2. The Morgan fingerprint density at radius 1 is 1.35 bits per heavy atom. The standard InChI is InChI=1S/C21H24FN7O2/c1-13(25-15-3-4-15)5-6-28(12-30)19-9-23-18(8-24-19)21(31)27-16-7-17(22)20-26-14(2)10-29(20)11-16/h7-13,15,25H,3-6H2,1-2H3,(H,27,31). The summed E-state index contributed by atoms with van der Waals surface area (Å²) in [7, 11) is 0. The maximum absolute atomic E-state index is 14.2. The summed E-state index contributed by atoms with van der Waals surface area (Å²) in [5, 5.41) is 6.09. The molecule has 4 rings (SSSR count). The molecule has 10 heteroatoms. The molecule has 31 heavy (non-hydrogen) atoms. The van der Waals surface area contributed by atoms with E-state index in [1.165, 1.54) is 40.6 Å². The summed E-state index contributed by atoms with van der Waals surface area (Å²) in [6, 6.07) is 2.10. The first-order valence-corrected chi connectivity index (χ1v) is 10.2. The van der Waals surface area contributed by atoms with Crippen LogP contribution in [-0.4, -0.2) is 50.3 Å². The Hall–Kier alpha value is -3.40. The average molecular weight is 425 g/mol. The fraction of sp³-hybridized carbons (Fsp3) is 0.381. The summed E-state index contributed by atoms with van der Waals surface area (Å²) in [5.41, 5.74) is 1.18.